The molecule has 3 heteroatoms. The van der Waals surface area contributed by atoms with E-state index in [9.17, 15) is 5.26 Å². The number of rotatable bonds is 3. The van der Waals surface area contributed by atoms with E-state index in [0.717, 1.165) is 37.0 Å². The van der Waals surface area contributed by atoms with Crippen molar-refractivity contribution in [2.24, 2.45) is 11.8 Å². The van der Waals surface area contributed by atoms with Crippen molar-refractivity contribution >= 4 is 16.9 Å². The third kappa shape index (κ3) is 3.42. The zero-order valence-electron chi connectivity index (χ0n) is 22.7. The molecule has 0 amide bonds. The first kappa shape index (κ1) is 23.6. The lowest BCUT2D eigenvalue weighted by molar-refractivity contribution is 0.425. The van der Waals surface area contributed by atoms with Crippen LogP contribution in [-0.4, -0.2) is 12.1 Å². The average Bonchev–Trinajstić information content (AvgIpc) is 3.54. The Hall–Kier alpha value is -4.29. The Labute approximate surface area is 237 Å². The van der Waals surface area contributed by atoms with Crippen molar-refractivity contribution in [1.29, 1.82) is 5.26 Å². The van der Waals surface area contributed by atoms with Crippen LogP contribution in [0.25, 0.3) is 5.57 Å². The van der Waals surface area contributed by atoms with E-state index in [1.165, 1.54) is 40.2 Å². The van der Waals surface area contributed by atoms with Gasteiger partial charge in [-0.15, -0.1) is 0 Å². The van der Waals surface area contributed by atoms with Crippen LogP contribution in [0.4, 0.5) is 11.4 Å². The average molecular weight is 520 g/mol. The third-order valence-electron chi connectivity index (χ3n) is 9.74. The quantitative estimate of drug-likeness (QED) is 0.382. The van der Waals surface area contributed by atoms with Crippen molar-refractivity contribution in [1.82, 2.24) is 0 Å². The van der Waals surface area contributed by atoms with E-state index in [0.29, 0.717) is 17.9 Å². The largest absolute Gasteiger partial charge is 0.341 e. The summed E-state index contributed by atoms with van der Waals surface area (Å²) >= 11 is 0. The maximum absolute atomic E-state index is 10.1. The van der Waals surface area contributed by atoms with Crippen LogP contribution in [-0.2, 0) is 0 Å². The summed E-state index contributed by atoms with van der Waals surface area (Å²) in [6.45, 7) is 0. The maximum Gasteiger partial charge on any atom is 0.101 e. The molecule has 1 saturated heterocycles. The normalized spacial score (nSPS) is 29.4. The van der Waals surface area contributed by atoms with E-state index < -0.39 is 0 Å². The standard InChI is InChI=1S/C37H33N3/c38-24-26-14-4-7-18-30(26)39-33-21-10-17-27(25-12-2-1-3-13-25)36(33)37-34(39)22-11-23-35(37)40-31-19-8-5-15-28(31)29-16-6-9-20-32(29)40/h1-3,5-6,8,10-14,16-19,21-23,28-29,32-33,36H,4,7,9,15,20H2. The number of allylic oxidation sites excluding steroid dienone is 10. The molecule has 2 aliphatic heterocycles. The van der Waals surface area contributed by atoms with Gasteiger partial charge in [-0.2, -0.15) is 5.26 Å². The first-order chi connectivity index (χ1) is 19.8. The summed E-state index contributed by atoms with van der Waals surface area (Å²) in [7, 11) is 0. The second-order valence-corrected chi connectivity index (χ2v) is 11.7. The Bertz CT molecular complexity index is 1620. The molecule has 2 aromatic carbocycles. The number of nitrogens with zero attached hydrogens (tertiary/aromatic N) is 3. The van der Waals surface area contributed by atoms with Gasteiger partial charge in [0.1, 0.15) is 6.07 Å². The molecule has 6 aliphatic rings. The highest BCUT2D eigenvalue weighted by Gasteiger charge is 2.49. The van der Waals surface area contributed by atoms with Gasteiger partial charge in [0.15, 0.2) is 0 Å². The van der Waals surface area contributed by atoms with Crippen LogP contribution < -0.4 is 9.80 Å². The Morgan fingerprint density at radius 1 is 0.800 bits per heavy atom. The molecule has 5 atom stereocenters. The van der Waals surface area contributed by atoms with Gasteiger partial charge in [0, 0.05) is 46.4 Å². The van der Waals surface area contributed by atoms with Gasteiger partial charge in [0.05, 0.1) is 17.3 Å². The van der Waals surface area contributed by atoms with E-state index >= 15 is 0 Å². The van der Waals surface area contributed by atoms with E-state index in [-0.39, 0.29) is 12.0 Å². The van der Waals surface area contributed by atoms with Gasteiger partial charge in [0.25, 0.3) is 0 Å². The van der Waals surface area contributed by atoms with Crippen LogP contribution in [0.3, 0.4) is 0 Å². The molecule has 8 rings (SSSR count). The molecule has 2 aromatic rings. The summed E-state index contributed by atoms with van der Waals surface area (Å²) < 4.78 is 0. The van der Waals surface area contributed by atoms with Gasteiger partial charge in [-0.1, -0.05) is 91.1 Å². The predicted molar refractivity (Wildman–Crippen MR) is 163 cm³/mol. The van der Waals surface area contributed by atoms with E-state index in [2.05, 4.69) is 125 Å². The van der Waals surface area contributed by atoms with E-state index in [1.807, 2.05) is 0 Å². The number of nitriles is 1. The Balaban J connectivity index is 1.35. The van der Waals surface area contributed by atoms with E-state index in [4.69, 9.17) is 0 Å². The fourth-order valence-corrected chi connectivity index (χ4v) is 8.17. The molecule has 3 nitrogen and oxygen atoms in total. The minimum atomic E-state index is 0.123. The lowest BCUT2D eigenvalue weighted by Gasteiger charge is -2.35. The highest BCUT2D eigenvalue weighted by atomic mass is 15.2. The van der Waals surface area contributed by atoms with Crippen LogP contribution in [0.5, 0.6) is 0 Å². The first-order valence-electron chi connectivity index (χ1n) is 14.8. The maximum atomic E-state index is 10.1. The molecule has 1 fully saturated rings. The second-order valence-electron chi connectivity index (χ2n) is 11.7. The molecule has 0 bridgehead atoms. The molecule has 0 saturated carbocycles. The molecule has 0 aromatic heterocycles. The minimum Gasteiger partial charge on any atom is -0.341 e. The molecule has 196 valence electrons. The van der Waals surface area contributed by atoms with Crippen molar-refractivity contribution in [2.75, 3.05) is 9.80 Å². The number of benzene rings is 2. The predicted octanol–water partition coefficient (Wildman–Crippen LogP) is 8.35. The third-order valence-corrected chi connectivity index (χ3v) is 9.74. The van der Waals surface area contributed by atoms with Crippen molar-refractivity contribution < 1.29 is 0 Å². The fraction of sp³-hybridized carbons (Fsp3) is 0.270. The SMILES string of the molecule is N#CC1=CCCC=C1N1c2cccc(N3C4=CC=CCC4C4C=CCCC43)c2C2C(c3ccccc3)=CC=CC21. The summed E-state index contributed by atoms with van der Waals surface area (Å²) in [5, 5.41) is 10.1. The molecule has 2 heterocycles. The molecule has 0 spiro atoms. The Morgan fingerprint density at radius 2 is 1.65 bits per heavy atom. The van der Waals surface area contributed by atoms with Gasteiger partial charge in [-0.05, 0) is 61.4 Å². The highest BCUT2D eigenvalue weighted by Crippen LogP contribution is 2.58. The van der Waals surface area contributed by atoms with Crippen LogP contribution in [0.2, 0.25) is 0 Å². The van der Waals surface area contributed by atoms with Gasteiger partial charge >= 0.3 is 0 Å². The summed E-state index contributed by atoms with van der Waals surface area (Å²) in [6, 6.07) is 20.9. The van der Waals surface area contributed by atoms with Gasteiger partial charge in [-0.3, -0.25) is 0 Å². The van der Waals surface area contributed by atoms with Crippen LogP contribution >= 0.6 is 0 Å². The smallest absolute Gasteiger partial charge is 0.101 e. The molecular formula is C37H33N3. The van der Waals surface area contributed by atoms with Crippen molar-refractivity contribution in [2.45, 2.75) is 50.1 Å². The van der Waals surface area contributed by atoms with Crippen LogP contribution in [0.15, 0.2) is 126 Å². The van der Waals surface area contributed by atoms with Crippen molar-refractivity contribution in [3.63, 3.8) is 0 Å². The lowest BCUT2D eigenvalue weighted by atomic mass is 9.79. The van der Waals surface area contributed by atoms with E-state index in [1.54, 1.807) is 0 Å². The molecule has 0 radical (unpaired) electrons. The van der Waals surface area contributed by atoms with Crippen molar-refractivity contribution in [3.05, 3.63) is 137 Å². The minimum absolute atomic E-state index is 0.123. The molecule has 5 unspecified atom stereocenters. The summed E-state index contributed by atoms with van der Waals surface area (Å²) in [4.78, 5) is 5.20. The van der Waals surface area contributed by atoms with Crippen molar-refractivity contribution in [3.8, 4) is 6.07 Å². The molecule has 0 N–H and O–H groups in total. The monoisotopic (exact) mass is 519 g/mol. The lowest BCUT2D eigenvalue weighted by Crippen LogP contribution is -2.35. The molecule has 4 aliphatic carbocycles. The number of hydrogen-bond donors (Lipinski definition) is 0. The Kier molecular flexibility index (Phi) is 5.55. The van der Waals surface area contributed by atoms with Gasteiger partial charge < -0.3 is 9.80 Å². The van der Waals surface area contributed by atoms with Crippen LogP contribution in [0, 0.1) is 23.2 Å². The highest BCUT2D eigenvalue weighted by molar-refractivity contribution is 5.89. The fourth-order valence-electron chi connectivity index (χ4n) is 8.17. The second kappa shape index (κ2) is 9.42. The zero-order chi connectivity index (χ0) is 26.6. The summed E-state index contributed by atoms with van der Waals surface area (Å²) in [5.41, 5.74) is 9.96. The molecular weight excluding hydrogens is 486 g/mol. The summed E-state index contributed by atoms with van der Waals surface area (Å²) in [6.07, 6.45) is 28.5. The Morgan fingerprint density at radius 3 is 2.52 bits per heavy atom. The first-order valence-corrected chi connectivity index (χ1v) is 14.8. The summed E-state index contributed by atoms with van der Waals surface area (Å²) in [5.74, 6) is 1.27. The van der Waals surface area contributed by atoms with Gasteiger partial charge in [-0.25, -0.2) is 0 Å². The zero-order valence-corrected chi connectivity index (χ0v) is 22.7. The number of fused-ring (bicyclic) bond motifs is 6. The molecule has 40 heavy (non-hydrogen) atoms. The topological polar surface area (TPSA) is 30.3 Å². The number of hydrogen-bond acceptors (Lipinski definition) is 3. The van der Waals surface area contributed by atoms with Crippen LogP contribution in [0.1, 0.15) is 49.1 Å². The van der Waals surface area contributed by atoms with Gasteiger partial charge in [0.2, 0.25) is 0 Å². The number of anilines is 2.